The Morgan fingerprint density at radius 2 is 2.07 bits per heavy atom. The zero-order chi connectivity index (χ0) is 21.0. The van der Waals surface area contributed by atoms with Gasteiger partial charge in [0, 0.05) is 48.2 Å². The minimum absolute atomic E-state index is 0.0314. The number of hydrogen-bond donors (Lipinski definition) is 1. The molecule has 5 nitrogen and oxygen atoms in total. The van der Waals surface area contributed by atoms with Crippen LogP contribution >= 0.6 is 11.6 Å². The number of allylic oxidation sites excluding steroid dienone is 1. The van der Waals surface area contributed by atoms with Crippen LogP contribution in [0, 0.1) is 0 Å². The minimum atomic E-state index is -0.0832. The van der Waals surface area contributed by atoms with Crippen molar-refractivity contribution in [1.29, 1.82) is 0 Å². The van der Waals surface area contributed by atoms with Crippen LogP contribution in [0.15, 0.2) is 65.4 Å². The molecule has 1 aromatic heterocycles. The first-order valence-corrected chi connectivity index (χ1v) is 10.8. The Hall–Kier alpha value is -2.50. The number of carbonyl (C=O) groups excluding carboxylic acids is 1. The van der Waals surface area contributed by atoms with E-state index >= 15 is 0 Å². The lowest BCUT2D eigenvalue weighted by molar-refractivity contribution is 0.0618. The molecule has 1 saturated carbocycles. The van der Waals surface area contributed by atoms with E-state index in [1.54, 1.807) is 12.4 Å². The Labute approximate surface area is 182 Å². The van der Waals surface area contributed by atoms with Crippen LogP contribution in [0.3, 0.4) is 0 Å². The van der Waals surface area contributed by atoms with E-state index in [2.05, 4.69) is 16.0 Å². The number of rotatable bonds is 6. The second-order valence-corrected chi connectivity index (χ2v) is 8.65. The van der Waals surface area contributed by atoms with Gasteiger partial charge < -0.3 is 10.6 Å². The molecule has 156 valence electrons. The molecule has 0 radical (unpaired) electrons. The Balaban J connectivity index is 1.54. The summed E-state index contributed by atoms with van der Waals surface area (Å²) < 4.78 is 0. The van der Waals surface area contributed by atoms with Gasteiger partial charge in [-0.3, -0.25) is 14.8 Å². The molecule has 1 aliphatic heterocycles. The van der Waals surface area contributed by atoms with Crippen molar-refractivity contribution in [1.82, 2.24) is 9.88 Å². The van der Waals surface area contributed by atoms with Crippen LogP contribution in [0.4, 0.5) is 0 Å². The molecule has 6 heteroatoms. The third-order valence-corrected chi connectivity index (χ3v) is 6.67. The first-order chi connectivity index (χ1) is 14.6. The van der Waals surface area contributed by atoms with Crippen molar-refractivity contribution < 1.29 is 4.79 Å². The lowest BCUT2D eigenvalue weighted by atomic mass is 9.68. The molecular weight excluding hydrogens is 396 g/mol. The molecule has 30 heavy (non-hydrogen) atoms. The molecule has 2 aromatic rings. The van der Waals surface area contributed by atoms with Crippen molar-refractivity contribution >= 4 is 23.7 Å². The van der Waals surface area contributed by atoms with Crippen LogP contribution in [0.2, 0.25) is 5.02 Å². The van der Waals surface area contributed by atoms with Crippen LogP contribution < -0.4 is 5.73 Å². The summed E-state index contributed by atoms with van der Waals surface area (Å²) in [5.41, 5.74) is 9.18. The van der Waals surface area contributed by atoms with Crippen LogP contribution in [-0.2, 0) is 5.41 Å². The second kappa shape index (κ2) is 9.11. The third kappa shape index (κ3) is 4.32. The van der Waals surface area contributed by atoms with Crippen molar-refractivity contribution in [2.75, 3.05) is 19.6 Å². The fourth-order valence-electron chi connectivity index (χ4n) is 4.62. The van der Waals surface area contributed by atoms with E-state index in [0.717, 1.165) is 36.3 Å². The lowest BCUT2D eigenvalue weighted by Gasteiger charge is -2.43. The molecule has 0 bridgehead atoms. The lowest BCUT2D eigenvalue weighted by Crippen LogP contribution is -2.48. The van der Waals surface area contributed by atoms with Crippen molar-refractivity contribution in [2.45, 2.75) is 37.1 Å². The maximum absolute atomic E-state index is 13.4. The number of nitrogens with zero attached hydrogens (tertiary/aromatic N) is 3. The fraction of sp³-hybridized carbons (Fsp3) is 0.375. The van der Waals surface area contributed by atoms with Crippen molar-refractivity contribution in [3.8, 4) is 0 Å². The quantitative estimate of drug-likeness (QED) is 0.763. The molecule has 1 fully saturated rings. The summed E-state index contributed by atoms with van der Waals surface area (Å²) in [7, 11) is 0. The topological polar surface area (TPSA) is 71.6 Å². The molecule has 2 aliphatic rings. The SMILES string of the molecule is NCC1(c2cccc(Cl)c2)CCC(N(CC2=CC=NC2)C(=O)c2cccnc2)CC1. The average molecular weight is 423 g/mol. The number of hydrogen-bond acceptors (Lipinski definition) is 4. The summed E-state index contributed by atoms with van der Waals surface area (Å²) in [5.74, 6) is 0.0314. The van der Waals surface area contributed by atoms with Gasteiger partial charge in [-0.15, -0.1) is 0 Å². The number of pyridine rings is 1. The van der Waals surface area contributed by atoms with Gasteiger partial charge >= 0.3 is 0 Å². The normalized spacial score (nSPS) is 23.3. The molecule has 2 heterocycles. The van der Waals surface area contributed by atoms with Crippen molar-refractivity contribution in [3.05, 3.63) is 76.6 Å². The predicted octanol–water partition coefficient (Wildman–Crippen LogP) is 4.03. The summed E-state index contributed by atoms with van der Waals surface area (Å²) in [6.07, 6.45) is 10.9. The van der Waals surface area contributed by atoms with Crippen LogP contribution in [0.5, 0.6) is 0 Å². The highest BCUT2D eigenvalue weighted by atomic mass is 35.5. The zero-order valence-corrected chi connectivity index (χ0v) is 17.8. The molecular formula is C24H27ClN4O. The first-order valence-electron chi connectivity index (χ1n) is 10.5. The molecule has 1 aliphatic carbocycles. The zero-order valence-electron chi connectivity index (χ0n) is 17.0. The van der Waals surface area contributed by atoms with Gasteiger partial charge in [-0.05, 0) is 67.2 Å². The van der Waals surface area contributed by atoms with E-state index < -0.39 is 0 Å². The maximum Gasteiger partial charge on any atom is 0.255 e. The van der Waals surface area contributed by atoms with E-state index in [0.29, 0.717) is 25.2 Å². The summed E-state index contributed by atoms with van der Waals surface area (Å²) in [6, 6.07) is 11.9. The summed E-state index contributed by atoms with van der Waals surface area (Å²) in [5, 5.41) is 0.740. The predicted molar refractivity (Wildman–Crippen MR) is 121 cm³/mol. The Kier molecular flexibility index (Phi) is 6.30. The highest BCUT2D eigenvalue weighted by Crippen LogP contribution is 2.41. The van der Waals surface area contributed by atoms with E-state index in [1.165, 1.54) is 5.56 Å². The first kappa shape index (κ1) is 20.8. The van der Waals surface area contributed by atoms with Crippen LogP contribution in [-0.4, -0.2) is 47.7 Å². The summed E-state index contributed by atoms with van der Waals surface area (Å²) in [4.78, 5) is 23.8. The summed E-state index contributed by atoms with van der Waals surface area (Å²) >= 11 is 6.25. The molecule has 0 saturated heterocycles. The van der Waals surface area contributed by atoms with E-state index in [-0.39, 0.29) is 17.4 Å². The Morgan fingerprint density at radius 1 is 1.23 bits per heavy atom. The molecule has 0 unspecified atom stereocenters. The number of benzene rings is 1. The highest BCUT2D eigenvalue weighted by Gasteiger charge is 2.39. The molecule has 1 aromatic carbocycles. The molecule has 1 amide bonds. The van der Waals surface area contributed by atoms with Gasteiger partial charge in [-0.1, -0.05) is 23.7 Å². The third-order valence-electron chi connectivity index (χ3n) is 6.43. The van der Waals surface area contributed by atoms with Gasteiger partial charge in [0.15, 0.2) is 0 Å². The van der Waals surface area contributed by atoms with Gasteiger partial charge in [0.1, 0.15) is 0 Å². The minimum Gasteiger partial charge on any atom is -0.332 e. The van der Waals surface area contributed by atoms with Crippen molar-refractivity contribution in [3.63, 3.8) is 0 Å². The molecule has 0 spiro atoms. The van der Waals surface area contributed by atoms with Gasteiger partial charge in [0.05, 0.1) is 12.1 Å². The van der Waals surface area contributed by atoms with E-state index in [9.17, 15) is 4.79 Å². The standard InChI is InChI=1S/C24H27ClN4O/c25-21-5-1-4-20(13-21)24(17-26)9-6-22(7-10-24)29(16-18-8-12-28-14-18)23(30)19-3-2-11-27-15-19/h1-5,8,11-13,15,22H,6-7,9-10,14,16-17,26H2. The van der Waals surface area contributed by atoms with Crippen LogP contribution in [0.1, 0.15) is 41.6 Å². The summed E-state index contributed by atoms with van der Waals surface area (Å²) in [6.45, 7) is 1.85. The highest BCUT2D eigenvalue weighted by molar-refractivity contribution is 6.30. The molecule has 0 atom stereocenters. The van der Waals surface area contributed by atoms with Gasteiger partial charge in [0.25, 0.3) is 5.91 Å². The number of halogens is 1. The number of aliphatic imine (C=N–C) groups is 1. The number of carbonyl (C=O) groups is 1. The number of aromatic nitrogens is 1. The Morgan fingerprint density at radius 3 is 2.70 bits per heavy atom. The van der Waals surface area contributed by atoms with E-state index in [1.807, 2.05) is 47.5 Å². The monoisotopic (exact) mass is 422 g/mol. The molecule has 2 N–H and O–H groups in total. The average Bonchev–Trinajstić information content (AvgIpc) is 3.31. The van der Waals surface area contributed by atoms with Crippen molar-refractivity contribution in [2.24, 2.45) is 10.7 Å². The Bertz CT molecular complexity index is 949. The van der Waals surface area contributed by atoms with Crippen LogP contribution in [0.25, 0.3) is 0 Å². The fourth-order valence-corrected chi connectivity index (χ4v) is 4.81. The number of nitrogens with two attached hydrogens (primary N) is 1. The van der Waals surface area contributed by atoms with Gasteiger partial charge in [0.2, 0.25) is 0 Å². The number of amides is 1. The van der Waals surface area contributed by atoms with Gasteiger partial charge in [-0.2, -0.15) is 0 Å². The smallest absolute Gasteiger partial charge is 0.255 e. The molecule has 4 rings (SSSR count). The largest absolute Gasteiger partial charge is 0.332 e. The second-order valence-electron chi connectivity index (χ2n) is 8.22. The maximum atomic E-state index is 13.4. The van der Waals surface area contributed by atoms with Gasteiger partial charge in [-0.25, -0.2) is 0 Å². The van der Waals surface area contributed by atoms with E-state index in [4.69, 9.17) is 17.3 Å².